The number of rotatable bonds is 3. The highest BCUT2D eigenvalue weighted by molar-refractivity contribution is 5.89. The van der Waals surface area contributed by atoms with E-state index in [-0.39, 0.29) is 19.7 Å². The van der Waals surface area contributed by atoms with E-state index in [1.807, 2.05) is 0 Å². The van der Waals surface area contributed by atoms with Crippen molar-refractivity contribution in [2.45, 2.75) is 65.2 Å². The molecule has 24 heavy (non-hydrogen) atoms. The Balaban J connectivity index is 2.77. The summed E-state index contributed by atoms with van der Waals surface area (Å²) in [4.78, 5) is 37.6. The lowest BCUT2D eigenvalue weighted by Crippen LogP contribution is -2.75. The summed E-state index contributed by atoms with van der Waals surface area (Å²) in [5.41, 5.74) is -2.65. The second kappa shape index (κ2) is 6.86. The Morgan fingerprint density at radius 3 is 1.92 bits per heavy atom. The number of likely N-dealkylation sites (tertiary alicyclic amines) is 1. The smallest absolute Gasteiger partial charge is 0.410 e. The van der Waals surface area contributed by atoms with Crippen molar-refractivity contribution in [3.8, 4) is 0 Å². The molecule has 0 unspecified atom stereocenters. The zero-order chi connectivity index (χ0) is 18.8. The van der Waals surface area contributed by atoms with E-state index < -0.39 is 34.9 Å². The monoisotopic (exact) mass is 344 g/mol. The lowest BCUT2D eigenvalue weighted by atomic mass is 9.90. The van der Waals surface area contributed by atoms with Crippen LogP contribution >= 0.6 is 0 Å². The summed E-state index contributed by atoms with van der Waals surface area (Å²) in [6.07, 6.45) is -1.28. The van der Waals surface area contributed by atoms with Crippen LogP contribution in [0.4, 0.5) is 9.59 Å². The second-order valence-electron chi connectivity index (χ2n) is 7.77. The van der Waals surface area contributed by atoms with Gasteiger partial charge in [0.25, 0.3) is 0 Å². The van der Waals surface area contributed by atoms with Crippen LogP contribution < -0.4 is 5.32 Å². The standard InChI is InChI=1S/C16H28N2O6/c1-8-22-11(19)16(17-12(20)23-14(2,3)4)9-18(10-16)13(21)24-15(5,6)7/h8-10H2,1-7H3,(H,17,20). The number of carbonyl (C=O) groups is 3. The summed E-state index contributed by atoms with van der Waals surface area (Å²) >= 11 is 0. The molecular weight excluding hydrogens is 316 g/mol. The number of alkyl carbamates (subject to hydrolysis) is 1. The Kier molecular flexibility index (Phi) is 5.74. The first-order valence-corrected chi connectivity index (χ1v) is 7.94. The minimum Gasteiger partial charge on any atom is -0.464 e. The number of esters is 1. The van der Waals surface area contributed by atoms with Crippen LogP contribution in [0.3, 0.4) is 0 Å². The van der Waals surface area contributed by atoms with E-state index in [4.69, 9.17) is 14.2 Å². The normalized spacial score (nSPS) is 16.7. The van der Waals surface area contributed by atoms with Crippen molar-refractivity contribution in [1.82, 2.24) is 10.2 Å². The summed E-state index contributed by atoms with van der Waals surface area (Å²) in [5.74, 6) is -0.601. The Morgan fingerprint density at radius 1 is 1.00 bits per heavy atom. The molecule has 0 saturated carbocycles. The summed E-state index contributed by atoms with van der Waals surface area (Å²) in [6.45, 7) is 12.2. The van der Waals surface area contributed by atoms with E-state index in [0.29, 0.717) is 0 Å². The molecular formula is C16H28N2O6. The minimum atomic E-state index is -1.31. The third-order valence-corrected chi connectivity index (χ3v) is 2.98. The molecule has 0 aliphatic carbocycles. The van der Waals surface area contributed by atoms with Crippen molar-refractivity contribution < 1.29 is 28.6 Å². The molecule has 0 aromatic rings. The van der Waals surface area contributed by atoms with Crippen molar-refractivity contribution in [3.05, 3.63) is 0 Å². The van der Waals surface area contributed by atoms with Crippen molar-refractivity contribution in [1.29, 1.82) is 0 Å². The molecule has 1 heterocycles. The van der Waals surface area contributed by atoms with Gasteiger partial charge in [0.05, 0.1) is 19.7 Å². The van der Waals surface area contributed by atoms with Gasteiger partial charge in [-0.15, -0.1) is 0 Å². The van der Waals surface area contributed by atoms with Gasteiger partial charge in [0.1, 0.15) is 11.2 Å². The van der Waals surface area contributed by atoms with Crippen LogP contribution in [0.15, 0.2) is 0 Å². The lowest BCUT2D eigenvalue weighted by Gasteiger charge is -2.47. The highest BCUT2D eigenvalue weighted by Gasteiger charge is 2.55. The van der Waals surface area contributed by atoms with Crippen molar-refractivity contribution in [2.24, 2.45) is 0 Å². The van der Waals surface area contributed by atoms with Gasteiger partial charge in [-0.1, -0.05) is 0 Å². The maximum absolute atomic E-state index is 12.2. The summed E-state index contributed by atoms with van der Waals surface area (Å²) in [7, 11) is 0. The molecule has 0 bridgehead atoms. The number of nitrogens with one attached hydrogen (secondary N) is 1. The van der Waals surface area contributed by atoms with Crippen LogP contribution in [0.2, 0.25) is 0 Å². The van der Waals surface area contributed by atoms with Crippen LogP contribution in [-0.2, 0) is 19.0 Å². The van der Waals surface area contributed by atoms with Gasteiger partial charge in [-0.25, -0.2) is 14.4 Å². The van der Waals surface area contributed by atoms with E-state index in [9.17, 15) is 14.4 Å². The quantitative estimate of drug-likeness (QED) is 0.622. The highest BCUT2D eigenvalue weighted by atomic mass is 16.6. The van der Waals surface area contributed by atoms with Gasteiger partial charge in [-0.3, -0.25) is 0 Å². The third kappa shape index (κ3) is 5.58. The molecule has 1 fully saturated rings. The average molecular weight is 344 g/mol. The van der Waals surface area contributed by atoms with Gasteiger partial charge < -0.3 is 24.4 Å². The second-order valence-corrected chi connectivity index (χ2v) is 7.77. The lowest BCUT2D eigenvalue weighted by molar-refractivity contribution is -0.158. The number of nitrogens with zero attached hydrogens (tertiary/aromatic N) is 1. The molecule has 0 spiro atoms. The predicted octanol–water partition coefficient (Wildman–Crippen LogP) is 2.06. The van der Waals surface area contributed by atoms with Gasteiger partial charge in [0.15, 0.2) is 5.54 Å². The molecule has 8 nitrogen and oxygen atoms in total. The van der Waals surface area contributed by atoms with Gasteiger partial charge in [-0.2, -0.15) is 0 Å². The summed E-state index contributed by atoms with van der Waals surface area (Å²) in [6, 6.07) is 0. The fourth-order valence-electron chi connectivity index (χ4n) is 2.09. The van der Waals surface area contributed by atoms with Gasteiger partial charge in [-0.05, 0) is 48.5 Å². The zero-order valence-electron chi connectivity index (χ0n) is 15.5. The first-order chi connectivity index (χ1) is 10.8. The van der Waals surface area contributed by atoms with E-state index in [1.165, 1.54) is 4.90 Å². The van der Waals surface area contributed by atoms with Gasteiger partial charge in [0.2, 0.25) is 0 Å². The Bertz CT molecular complexity index is 498. The van der Waals surface area contributed by atoms with Gasteiger partial charge in [0, 0.05) is 0 Å². The van der Waals surface area contributed by atoms with Crippen LogP contribution in [0.25, 0.3) is 0 Å². The summed E-state index contributed by atoms with van der Waals surface area (Å²) < 4.78 is 15.5. The molecule has 1 N–H and O–H groups in total. The predicted molar refractivity (Wildman–Crippen MR) is 86.5 cm³/mol. The average Bonchev–Trinajstić information content (AvgIpc) is 2.28. The molecule has 0 aromatic heterocycles. The molecule has 1 aliphatic heterocycles. The van der Waals surface area contributed by atoms with E-state index >= 15 is 0 Å². The van der Waals surface area contributed by atoms with Crippen molar-refractivity contribution in [2.75, 3.05) is 19.7 Å². The highest BCUT2D eigenvalue weighted by Crippen LogP contribution is 2.26. The Hall–Kier alpha value is -1.99. The molecule has 0 radical (unpaired) electrons. The van der Waals surface area contributed by atoms with Crippen molar-refractivity contribution in [3.63, 3.8) is 0 Å². The largest absolute Gasteiger partial charge is 0.464 e. The molecule has 8 heteroatoms. The molecule has 2 amide bonds. The number of carbonyl (C=O) groups excluding carboxylic acids is 3. The number of hydrogen-bond donors (Lipinski definition) is 1. The number of amides is 2. The van der Waals surface area contributed by atoms with Crippen molar-refractivity contribution >= 4 is 18.2 Å². The molecule has 1 rings (SSSR count). The minimum absolute atomic E-state index is 0.0278. The van der Waals surface area contributed by atoms with E-state index in [0.717, 1.165) is 0 Å². The first-order valence-electron chi connectivity index (χ1n) is 7.94. The van der Waals surface area contributed by atoms with Crippen LogP contribution in [0.1, 0.15) is 48.5 Å². The van der Waals surface area contributed by atoms with Crippen LogP contribution in [-0.4, -0.2) is 59.5 Å². The number of ether oxygens (including phenoxy) is 3. The Morgan fingerprint density at radius 2 is 1.50 bits per heavy atom. The molecule has 0 atom stereocenters. The van der Waals surface area contributed by atoms with E-state index in [2.05, 4.69) is 5.32 Å². The van der Waals surface area contributed by atoms with Crippen LogP contribution in [0, 0.1) is 0 Å². The maximum atomic E-state index is 12.2. The fraction of sp³-hybridized carbons (Fsp3) is 0.812. The fourth-order valence-corrected chi connectivity index (χ4v) is 2.09. The molecule has 1 saturated heterocycles. The molecule has 1 aliphatic rings. The SMILES string of the molecule is CCOC(=O)C1(NC(=O)OC(C)(C)C)CN(C(=O)OC(C)(C)C)C1. The Labute approximate surface area is 142 Å². The maximum Gasteiger partial charge on any atom is 0.410 e. The molecule has 138 valence electrons. The topological polar surface area (TPSA) is 94.2 Å². The zero-order valence-corrected chi connectivity index (χ0v) is 15.5. The number of hydrogen-bond acceptors (Lipinski definition) is 6. The van der Waals surface area contributed by atoms with E-state index in [1.54, 1.807) is 48.5 Å². The first kappa shape index (κ1) is 20.1. The third-order valence-electron chi connectivity index (χ3n) is 2.98. The van der Waals surface area contributed by atoms with Gasteiger partial charge >= 0.3 is 18.2 Å². The summed E-state index contributed by atoms with van der Waals surface area (Å²) in [5, 5.41) is 2.53. The molecule has 0 aromatic carbocycles. The van der Waals surface area contributed by atoms with Crippen LogP contribution in [0.5, 0.6) is 0 Å².